The van der Waals surface area contributed by atoms with E-state index < -0.39 is 10.0 Å². The molecular weight excluding hydrogens is 350 g/mol. The van der Waals surface area contributed by atoms with Gasteiger partial charge < -0.3 is 10.3 Å². The van der Waals surface area contributed by atoms with Crippen molar-refractivity contribution in [2.24, 2.45) is 0 Å². The number of amides is 1. The molecule has 2 fully saturated rings. The van der Waals surface area contributed by atoms with E-state index in [1.54, 1.807) is 10.4 Å². The number of sulfonamides is 1. The van der Waals surface area contributed by atoms with Crippen molar-refractivity contribution in [3.63, 3.8) is 0 Å². The maximum absolute atomic E-state index is 12.5. The molecule has 2 aliphatic carbocycles. The number of aromatic amines is 1. The molecule has 1 heterocycles. The molecule has 0 atom stereocenters. The summed E-state index contributed by atoms with van der Waals surface area (Å²) < 4.78 is 26.5. The van der Waals surface area contributed by atoms with Gasteiger partial charge in [0.15, 0.2) is 0 Å². The number of hydrogen-bond donors (Lipinski definition) is 2. The van der Waals surface area contributed by atoms with Crippen LogP contribution in [0.4, 0.5) is 5.69 Å². The van der Waals surface area contributed by atoms with Gasteiger partial charge >= 0.3 is 0 Å². The van der Waals surface area contributed by atoms with Crippen LogP contribution < -0.4 is 9.62 Å². The summed E-state index contributed by atoms with van der Waals surface area (Å²) >= 11 is 0. The molecule has 6 nitrogen and oxygen atoms in total. The van der Waals surface area contributed by atoms with Crippen LogP contribution in [0.5, 0.6) is 0 Å². The third kappa shape index (κ3) is 3.58. The van der Waals surface area contributed by atoms with Gasteiger partial charge in [-0.3, -0.25) is 9.10 Å². The Labute approximate surface area is 154 Å². The van der Waals surface area contributed by atoms with Crippen molar-refractivity contribution < 1.29 is 13.2 Å². The van der Waals surface area contributed by atoms with E-state index in [1.165, 1.54) is 12.7 Å². The predicted octanol–water partition coefficient (Wildman–Crippen LogP) is 3.16. The number of H-pyrrole nitrogens is 1. The zero-order valence-electron chi connectivity index (χ0n) is 15.0. The summed E-state index contributed by atoms with van der Waals surface area (Å²) in [6.45, 7) is 0. The van der Waals surface area contributed by atoms with Crippen LogP contribution in [-0.4, -0.2) is 37.6 Å². The summed E-state index contributed by atoms with van der Waals surface area (Å²) in [4.78, 5) is 15.4. The van der Waals surface area contributed by atoms with Gasteiger partial charge in [0, 0.05) is 23.0 Å². The Bertz CT molecular complexity index is 925. The number of anilines is 1. The predicted molar refractivity (Wildman–Crippen MR) is 103 cm³/mol. The fourth-order valence-corrected chi connectivity index (χ4v) is 5.11. The van der Waals surface area contributed by atoms with Crippen molar-refractivity contribution in [1.82, 2.24) is 10.3 Å². The van der Waals surface area contributed by atoms with Gasteiger partial charge in [-0.05, 0) is 49.9 Å². The first-order valence-corrected chi connectivity index (χ1v) is 11.2. The highest BCUT2D eigenvalue weighted by Crippen LogP contribution is 2.32. The van der Waals surface area contributed by atoms with Crippen LogP contribution >= 0.6 is 0 Å². The summed E-state index contributed by atoms with van der Waals surface area (Å²) in [6.07, 6.45) is 8.45. The average molecular weight is 375 g/mol. The van der Waals surface area contributed by atoms with Crippen molar-refractivity contribution in [2.45, 2.75) is 57.0 Å². The van der Waals surface area contributed by atoms with Crippen LogP contribution in [0, 0.1) is 0 Å². The van der Waals surface area contributed by atoms with Crippen LogP contribution in [0.3, 0.4) is 0 Å². The molecule has 0 unspecified atom stereocenters. The Morgan fingerprint density at radius 1 is 1.12 bits per heavy atom. The van der Waals surface area contributed by atoms with Crippen LogP contribution in [0.1, 0.15) is 55.4 Å². The highest BCUT2D eigenvalue weighted by molar-refractivity contribution is 7.92. The molecule has 0 bridgehead atoms. The number of benzene rings is 1. The first-order chi connectivity index (χ1) is 12.4. The number of fused-ring (bicyclic) bond motifs is 1. The van der Waals surface area contributed by atoms with Crippen molar-refractivity contribution in [3.8, 4) is 0 Å². The minimum atomic E-state index is -3.36. The molecule has 0 aliphatic heterocycles. The van der Waals surface area contributed by atoms with E-state index in [0.717, 1.165) is 49.4 Å². The molecule has 2 saturated carbocycles. The van der Waals surface area contributed by atoms with Crippen LogP contribution in [0.2, 0.25) is 0 Å². The van der Waals surface area contributed by atoms with Crippen LogP contribution in [0.25, 0.3) is 10.9 Å². The van der Waals surface area contributed by atoms with E-state index in [4.69, 9.17) is 0 Å². The SMILES string of the molecule is CS(=O)(=O)N(c1ccc2[nH]c(C(=O)NC3CC3)cc2c1)C1CCCCC1. The summed E-state index contributed by atoms with van der Waals surface area (Å²) in [5.74, 6) is -0.0995. The lowest BCUT2D eigenvalue weighted by Crippen LogP contribution is -2.40. The minimum absolute atomic E-state index is 0.0211. The largest absolute Gasteiger partial charge is 0.351 e. The lowest BCUT2D eigenvalue weighted by Gasteiger charge is -2.34. The highest BCUT2D eigenvalue weighted by Gasteiger charge is 2.29. The van der Waals surface area contributed by atoms with Gasteiger partial charge in [-0.2, -0.15) is 0 Å². The smallest absolute Gasteiger partial charge is 0.267 e. The normalized spacial score (nSPS) is 18.8. The van der Waals surface area contributed by atoms with Crippen LogP contribution in [-0.2, 0) is 10.0 Å². The molecule has 1 amide bonds. The highest BCUT2D eigenvalue weighted by atomic mass is 32.2. The number of aromatic nitrogens is 1. The summed E-state index contributed by atoms with van der Waals surface area (Å²) in [6, 6.07) is 7.69. The van der Waals surface area contributed by atoms with Gasteiger partial charge in [-0.15, -0.1) is 0 Å². The van der Waals surface area contributed by atoms with Gasteiger partial charge in [0.25, 0.3) is 5.91 Å². The third-order valence-corrected chi connectivity index (χ3v) is 6.50. The van der Waals surface area contributed by atoms with Gasteiger partial charge in [0.2, 0.25) is 10.0 Å². The van der Waals surface area contributed by atoms with Crippen molar-refractivity contribution in [3.05, 3.63) is 30.0 Å². The molecular formula is C19H25N3O3S. The maximum Gasteiger partial charge on any atom is 0.267 e. The van der Waals surface area contributed by atoms with E-state index in [9.17, 15) is 13.2 Å². The quantitative estimate of drug-likeness (QED) is 0.842. The lowest BCUT2D eigenvalue weighted by molar-refractivity contribution is 0.0947. The Morgan fingerprint density at radius 2 is 1.85 bits per heavy atom. The number of hydrogen-bond acceptors (Lipinski definition) is 3. The molecule has 140 valence electrons. The van der Waals surface area contributed by atoms with E-state index >= 15 is 0 Å². The Balaban J connectivity index is 1.66. The Morgan fingerprint density at radius 3 is 2.50 bits per heavy atom. The van der Waals surface area contributed by atoms with E-state index in [-0.39, 0.29) is 11.9 Å². The monoisotopic (exact) mass is 375 g/mol. The van der Waals surface area contributed by atoms with Gasteiger partial charge in [0.05, 0.1) is 11.9 Å². The molecule has 1 aromatic carbocycles. The molecule has 26 heavy (non-hydrogen) atoms. The Kier molecular flexibility index (Phi) is 4.42. The zero-order chi connectivity index (χ0) is 18.3. The third-order valence-electron chi connectivity index (χ3n) is 5.28. The van der Waals surface area contributed by atoms with Gasteiger partial charge in [-0.1, -0.05) is 19.3 Å². The molecule has 0 spiro atoms. The van der Waals surface area contributed by atoms with E-state index in [2.05, 4.69) is 10.3 Å². The average Bonchev–Trinajstić information content (AvgIpc) is 3.30. The summed E-state index contributed by atoms with van der Waals surface area (Å²) in [5.41, 5.74) is 2.04. The molecule has 0 saturated heterocycles. The zero-order valence-corrected chi connectivity index (χ0v) is 15.8. The molecule has 2 aliphatic rings. The maximum atomic E-state index is 12.5. The molecule has 4 rings (SSSR count). The van der Waals surface area contributed by atoms with Crippen molar-refractivity contribution >= 4 is 32.5 Å². The standard InChI is InChI=1S/C19H25N3O3S/c1-26(24,25)22(15-5-3-2-4-6-15)16-9-10-17-13(11-16)12-18(21-17)19(23)20-14-7-8-14/h9-12,14-15,21H,2-8H2,1H3,(H,20,23). The summed E-state index contributed by atoms with van der Waals surface area (Å²) in [7, 11) is -3.36. The Hall–Kier alpha value is -2.02. The van der Waals surface area contributed by atoms with Gasteiger partial charge in [0.1, 0.15) is 5.69 Å². The first-order valence-electron chi connectivity index (χ1n) is 9.35. The van der Waals surface area contributed by atoms with Gasteiger partial charge in [-0.25, -0.2) is 8.42 Å². The summed E-state index contributed by atoms with van der Waals surface area (Å²) in [5, 5.41) is 3.82. The topological polar surface area (TPSA) is 82.3 Å². The molecule has 1 aromatic heterocycles. The number of carbonyl (C=O) groups excluding carboxylic acids is 1. The number of carbonyl (C=O) groups is 1. The number of nitrogens with one attached hydrogen (secondary N) is 2. The minimum Gasteiger partial charge on any atom is -0.351 e. The van der Waals surface area contributed by atoms with Crippen LogP contribution in [0.15, 0.2) is 24.3 Å². The second kappa shape index (κ2) is 6.61. The fourth-order valence-electron chi connectivity index (χ4n) is 3.86. The van der Waals surface area contributed by atoms with Crippen molar-refractivity contribution in [2.75, 3.05) is 10.6 Å². The first kappa shape index (κ1) is 17.4. The number of nitrogens with zero attached hydrogens (tertiary/aromatic N) is 1. The molecule has 0 radical (unpaired) electrons. The number of rotatable bonds is 5. The van der Waals surface area contributed by atoms with E-state index in [0.29, 0.717) is 17.4 Å². The second-order valence-electron chi connectivity index (χ2n) is 7.55. The van der Waals surface area contributed by atoms with Crippen molar-refractivity contribution in [1.29, 1.82) is 0 Å². The second-order valence-corrected chi connectivity index (χ2v) is 9.41. The lowest BCUT2D eigenvalue weighted by atomic mass is 9.95. The molecule has 2 N–H and O–H groups in total. The fraction of sp³-hybridized carbons (Fsp3) is 0.526. The molecule has 2 aromatic rings. The molecule has 7 heteroatoms. The van der Waals surface area contributed by atoms with E-state index in [1.807, 2.05) is 18.2 Å².